The number of likely N-dealkylation sites (N-methyl/N-ethyl adjacent to an activating group) is 1. The third-order valence-corrected chi connectivity index (χ3v) is 3.16. The summed E-state index contributed by atoms with van der Waals surface area (Å²) in [6, 6.07) is 6.50. The summed E-state index contributed by atoms with van der Waals surface area (Å²) in [5.41, 5.74) is 1.26. The zero-order valence-electron chi connectivity index (χ0n) is 8.38. The van der Waals surface area contributed by atoms with Gasteiger partial charge in [-0.2, -0.15) is 0 Å². The van der Waals surface area contributed by atoms with Crippen LogP contribution in [0.4, 0.5) is 0 Å². The van der Waals surface area contributed by atoms with E-state index >= 15 is 0 Å². The van der Waals surface area contributed by atoms with Crippen molar-refractivity contribution in [2.24, 2.45) is 0 Å². The summed E-state index contributed by atoms with van der Waals surface area (Å²) < 4.78 is 6.94. The molecule has 2 atom stereocenters. The molecule has 0 saturated carbocycles. The van der Waals surface area contributed by atoms with Crippen LogP contribution in [0.2, 0.25) is 0 Å². The summed E-state index contributed by atoms with van der Waals surface area (Å²) in [5, 5.41) is 3.30. The molecule has 2 unspecified atom stereocenters. The third-order valence-electron chi connectivity index (χ3n) is 2.67. The summed E-state index contributed by atoms with van der Waals surface area (Å²) in [4.78, 5) is 0. The highest BCUT2D eigenvalue weighted by Gasteiger charge is 2.31. The lowest BCUT2D eigenvalue weighted by molar-refractivity contribution is 0.189. The van der Waals surface area contributed by atoms with Gasteiger partial charge < -0.3 is 10.1 Å². The fourth-order valence-corrected chi connectivity index (χ4v) is 2.34. The van der Waals surface area contributed by atoms with Gasteiger partial charge in [0.2, 0.25) is 0 Å². The van der Waals surface area contributed by atoms with Crippen molar-refractivity contribution < 1.29 is 4.74 Å². The number of benzene rings is 1. The second-order valence-electron chi connectivity index (χ2n) is 3.51. The Bertz CT molecular complexity index is 340. The molecule has 0 aromatic heterocycles. The van der Waals surface area contributed by atoms with E-state index < -0.39 is 0 Å². The maximum Gasteiger partial charge on any atom is 0.124 e. The van der Waals surface area contributed by atoms with Gasteiger partial charge in [-0.1, -0.05) is 22.9 Å². The molecule has 1 aromatic rings. The van der Waals surface area contributed by atoms with Crippen LogP contribution in [0.5, 0.6) is 5.75 Å². The molecule has 1 aliphatic heterocycles. The van der Waals surface area contributed by atoms with Crippen LogP contribution in [0.15, 0.2) is 22.7 Å². The molecule has 76 valence electrons. The van der Waals surface area contributed by atoms with E-state index in [4.69, 9.17) is 4.74 Å². The van der Waals surface area contributed by atoms with Gasteiger partial charge in [0.05, 0.1) is 6.04 Å². The molecular formula is C11H14BrNO. The van der Waals surface area contributed by atoms with Gasteiger partial charge in [0, 0.05) is 10.0 Å². The number of rotatable bonds is 2. The van der Waals surface area contributed by atoms with E-state index in [0.717, 1.165) is 16.6 Å². The molecule has 0 fully saturated rings. The summed E-state index contributed by atoms with van der Waals surface area (Å²) in [7, 11) is 1.98. The average Bonchev–Trinajstić information content (AvgIpc) is 2.54. The largest absolute Gasteiger partial charge is 0.488 e. The van der Waals surface area contributed by atoms with Gasteiger partial charge in [0.15, 0.2) is 0 Å². The number of fused-ring (bicyclic) bond motifs is 1. The molecule has 0 spiro atoms. The van der Waals surface area contributed by atoms with E-state index in [1.165, 1.54) is 5.56 Å². The van der Waals surface area contributed by atoms with Crippen molar-refractivity contribution in [1.82, 2.24) is 5.32 Å². The fourth-order valence-electron chi connectivity index (χ4n) is 1.96. The normalized spacial score (nSPS) is 24.5. The van der Waals surface area contributed by atoms with Crippen LogP contribution < -0.4 is 10.1 Å². The maximum atomic E-state index is 5.83. The van der Waals surface area contributed by atoms with Crippen LogP contribution in [0.3, 0.4) is 0 Å². The molecule has 0 amide bonds. The van der Waals surface area contributed by atoms with Gasteiger partial charge >= 0.3 is 0 Å². The molecule has 2 rings (SSSR count). The van der Waals surface area contributed by atoms with E-state index in [2.05, 4.69) is 34.2 Å². The Hall–Kier alpha value is -0.540. The van der Waals surface area contributed by atoms with Crippen LogP contribution in [0.1, 0.15) is 24.9 Å². The Kier molecular flexibility index (Phi) is 2.79. The molecule has 14 heavy (non-hydrogen) atoms. The Labute approximate surface area is 92.8 Å². The van der Waals surface area contributed by atoms with Crippen LogP contribution in [0, 0.1) is 0 Å². The monoisotopic (exact) mass is 255 g/mol. The van der Waals surface area contributed by atoms with Crippen molar-refractivity contribution in [2.45, 2.75) is 25.5 Å². The predicted octanol–water partition coefficient (Wildman–Crippen LogP) is 2.88. The number of ether oxygens (including phenoxy) is 1. The molecule has 0 aliphatic carbocycles. The number of hydrogen-bond acceptors (Lipinski definition) is 2. The average molecular weight is 256 g/mol. The highest BCUT2D eigenvalue weighted by molar-refractivity contribution is 9.10. The summed E-state index contributed by atoms with van der Waals surface area (Å²) in [6.45, 7) is 2.15. The summed E-state index contributed by atoms with van der Waals surface area (Å²) in [5.74, 6) is 1.01. The molecule has 2 nitrogen and oxygen atoms in total. The van der Waals surface area contributed by atoms with Gasteiger partial charge in [-0.25, -0.2) is 0 Å². The molecule has 0 saturated heterocycles. The van der Waals surface area contributed by atoms with Crippen LogP contribution in [0.25, 0.3) is 0 Å². The number of nitrogens with one attached hydrogen (secondary N) is 1. The van der Waals surface area contributed by atoms with Crippen LogP contribution in [-0.4, -0.2) is 13.2 Å². The lowest BCUT2D eigenvalue weighted by Gasteiger charge is -2.16. The van der Waals surface area contributed by atoms with Crippen molar-refractivity contribution >= 4 is 15.9 Å². The minimum atomic E-state index is 0.268. The molecule has 0 radical (unpaired) electrons. The first-order chi connectivity index (χ1) is 6.76. The highest BCUT2D eigenvalue weighted by atomic mass is 79.9. The quantitative estimate of drug-likeness (QED) is 0.878. The zero-order chi connectivity index (χ0) is 10.1. The topological polar surface area (TPSA) is 21.3 Å². The Morgan fingerprint density at radius 2 is 2.29 bits per heavy atom. The van der Waals surface area contributed by atoms with Gasteiger partial charge in [0.1, 0.15) is 11.9 Å². The molecule has 1 N–H and O–H groups in total. The summed E-state index contributed by atoms with van der Waals surface area (Å²) in [6.07, 6.45) is 1.29. The van der Waals surface area contributed by atoms with Crippen molar-refractivity contribution in [3.8, 4) is 5.75 Å². The molecule has 0 bridgehead atoms. The number of hydrogen-bond donors (Lipinski definition) is 1. The maximum absolute atomic E-state index is 5.83. The molecular weight excluding hydrogens is 242 g/mol. The standard InChI is InChI=1S/C11H14BrNO/c1-3-9-11(13-2)8-6-7(12)4-5-10(8)14-9/h4-6,9,11,13H,3H2,1-2H3. The first kappa shape index (κ1) is 9.99. The third kappa shape index (κ3) is 1.55. The second kappa shape index (κ2) is 3.91. The highest BCUT2D eigenvalue weighted by Crippen LogP contribution is 2.38. The Morgan fingerprint density at radius 1 is 1.50 bits per heavy atom. The molecule has 1 aliphatic rings. The van der Waals surface area contributed by atoms with Gasteiger partial charge in [0.25, 0.3) is 0 Å². The smallest absolute Gasteiger partial charge is 0.124 e. The first-order valence-corrected chi connectivity index (χ1v) is 5.69. The van der Waals surface area contributed by atoms with E-state index in [1.54, 1.807) is 0 Å². The number of halogens is 1. The minimum absolute atomic E-state index is 0.268. The van der Waals surface area contributed by atoms with Crippen molar-refractivity contribution in [3.05, 3.63) is 28.2 Å². The van der Waals surface area contributed by atoms with E-state index in [0.29, 0.717) is 6.04 Å². The van der Waals surface area contributed by atoms with Crippen LogP contribution in [-0.2, 0) is 0 Å². The van der Waals surface area contributed by atoms with Crippen molar-refractivity contribution in [2.75, 3.05) is 7.05 Å². The SMILES string of the molecule is CCC1Oc2ccc(Br)cc2C1NC. The van der Waals surface area contributed by atoms with E-state index in [9.17, 15) is 0 Å². The van der Waals surface area contributed by atoms with Crippen molar-refractivity contribution in [1.29, 1.82) is 0 Å². The van der Waals surface area contributed by atoms with Crippen molar-refractivity contribution in [3.63, 3.8) is 0 Å². The first-order valence-electron chi connectivity index (χ1n) is 4.89. The summed E-state index contributed by atoms with van der Waals surface area (Å²) >= 11 is 3.48. The van der Waals surface area contributed by atoms with E-state index in [1.807, 2.05) is 19.2 Å². The van der Waals surface area contributed by atoms with Gasteiger partial charge in [-0.05, 0) is 31.7 Å². The molecule has 3 heteroatoms. The van der Waals surface area contributed by atoms with Gasteiger partial charge in [-0.3, -0.25) is 0 Å². The van der Waals surface area contributed by atoms with E-state index in [-0.39, 0.29) is 6.10 Å². The lowest BCUT2D eigenvalue weighted by atomic mass is 10.0. The lowest BCUT2D eigenvalue weighted by Crippen LogP contribution is -2.27. The zero-order valence-corrected chi connectivity index (χ0v) is 9.97. The minimum Gasteiger partial charge on any atom is -0.488 e. The fraction of sp³-hybridized carbons (Fsp3) is 0.455. The Balaban J connectivity index is 2.38. The Morgan fingerprint density at radius 3 is 2.93 bits per heavy atom. The van der Waals surface area contributed by atoms with Gasteiger partial charge in [-0.15, -0.1) is 0 Å². The predicted molar refractivity (Wildman–Crippen MR) is 60.6 cm³/mol. The molecule has 1 aromatic carbocycles. The van der Waals surface area contributed by atoms with Crippen LogP contribution >= 0.6 is 15.9 Å². The second-order valence-corrected chi connectivity index (χ2v) is 4.43. The molecule has 1 heterocycles.